The minimum atomic E-state index is -3.39. The van der Waals surface area contributed by atoms with Gasteiger partial charge in [0, 0.05) is 32.2 Å². The fraction of sp³-hybridized carbons (Fsp3) is 0.650. The van der Waals surface area contributed by atoms with E-state index in [-0.39, 0.29) is 0 Å². The number of nitrogens with two attached hydrogens (primary N) is 1. The molecule has 7 nitrogen and oxygen atoms in total. The molecule has 28 heavy (non-hydrogen) atoms. The van der Waals surface area contributed by atoms with Crippen molar-refractivity contribution >= 4 is 16.0 Å². The van der Waals surface area contributed by atoms with Gasteiger partial charge in [0.25, 0.3) is 0 Å². The minimum absolute atomic E-state index is 0.368. The van der Waals surface area contributed by atoms with Crippen molar-refractivity contribution in [3.05, 3.63) is 30.3 Å². The number of nitrogens with one attached hydrogen (secondary N) is 1. The van der Waals surface area contributed by atoms with Gasteiger partial charge in [-0.05, 0) is 56.8 Å². The van der Waals surface area contributed by atoms with Gasteiger partial charge in [0.15, 0.2) is 5.96 Å². The molecule has 156 valence electrons. The van der Waals surface area contributed by atoms with E-state index < -0.39 is 10.0 Å². The molecule has 2 aliphatic heterocycles. The van der Waals surface area contributed by atoms with Crippen molar-refractivity contribution in [1.29, 1.82) is 0 Å². The molecule has 1 unspecified atom stereocenters. The number of likely N-dealkylation sites (tertiary alicyclic amines) is 1. The molecule has 0 aromatic heterocycles. The number of sulfonamides is 1. The first-order valence-corrected chi connectivity index (χ1v) is 11.8. The van der Waals surface area contributed by atoms with Crippen LogP contribution in [0.15, 0.2) is 40.2 Å². The highest BCUT2D eigenvalue weighted by molar-refractivity contribution is 7.89. The van der Waals surface area contributed by atoms with Gasteiger partial charge in [0.2, 0.25) is 10.0 Å². The lowest BCUT2D eigenvalue weighted by atomic mass is 9.98. The lowest BCUT2D eigenvalue weighted by Gasteiger charge is -2.30. The maximum Gasteiger partial charge on any atom is 0.243 e. The van der Waals surface area contributed by atoms with E-state index in [2.05, 4.69) is 22.1 Å². The van der Waals surface area contributed by atoms with Gasteiger partial charge in [-0.15, -0.1) is 0 Å². The minimum Gasteiger partial charge on any atom is -0.370 e. The zero-order valence-corrected chi connectivity index (χ0v) is 17.6. The van der Waals surface area contributed by atoms with Gasteiger partial charge in [0.05, 0.1) is 4.90 Å². The number of likely N-dealkylation sites (N-methyl/N-ethyl adjacent to an activating group) is 1. The topological polar surface area (TPSA) is 91.0 Å². The zero-order chi connectivity index (χ0) is 20.0. The van der Waals surface area contributed by atoms with Gasteiger partial charge in [0.1, 0.15) is 0 Å². The number of aliphatic imine (C=N–C) groups is 1. The predicted molar refractivity (Wildman–Crippen MR) is 113 cm³/mol. The molecule has 2 saturated heterocycles. The van der Waals surface area contributed by atoms with Crippen LogP contribution in [0, 0.1) is 5.92 Å². The normalized spacial score (nSPS) is 23.2. The predicted octanol–water partition coefficient (Wildman–Crippen LogP) is 1.48. The fourth-order valence-corrected chi connectivity index (χ4v) is 5.61. The van der Waals surface area contributed by atoms with E-state index in [1.165, 1.54) is 19.4 Å². The first-order valence-electron chi connectivity index (χ1n) is 10.3. The highest BCUT2D eigenvalue weighted by atomic mass is 32.2. The second-order valence-electron chi connectivity index (χ2n) is 7.69. The molecule has 0 amide bonds. The molecule has 0 radical (unpaired) electrons. The monoisotopic (exact) mass is 407 g/mol. The van der Waals surface area contributed by atoms with Crippen LogP contribution in [0.5, 0.6) is 0 Å². The van der Waals surface area contributed by atoms with Gasteiger partial charge in [-0.1, -0.05) is 25.1 Å². The maximum atomic E-state index is 12.7. The lowest BCUT2D eigenvalue weighted by Crippen LogP contribution is -2.43. The van der Waals surface area contributed by atoms with Crippen LogP contribution in [0.1, 0.15) is 32.6 Å². The van der Waals surface area contributed by atoms with Crippen molar-refractivity contribution < 1.29 is 8.42 Å². The summed E-state index contributed by atoms with van der Waals surface area (Å²) in [5.41, 5.74) is 6.04. The molecule has 0 bridgehead atoms. The Morgan fingerprint density at radius 1 is 1.18 bits per heavy atom. The highest BCUT2D eigenvalue weighted by Crippen LogP contribution is 2.23. The molecule has 1 aromatic carbocycles. The molecule has 0 spiro atoms. The Morgan fingerprint density at radius 2 is 1.89 bits per heavy atom. The van der Waals surface area contributed by atoms with E-state index in [1.807, 2.05) is 6.07 Å². The molecule has 3 rings (SSSR count). The smallest absolute Gasteiger partial charge is 0.243 e. The summed E-state index contributed by atoms with van der Waals surface area (Å²) in [6.45, 7) is 7.02. The summed E-state index contributed by atoms with van der Waals surface area (Å²) in [7, 11) is -3.39. The first kappa shape index (κ1) is 21.1. The maximum absolute atomic E-state index is 12.7. The molecule has 2 aliphatic rings. The van der Waals surface area contributed by atoms with Crippen molar-refractivity contribution in [2.75, 3.05) is 39.3 Å². The van der Waals surface area contributed by atoms with Gasteiger partial charge in [-0.3, -0.25) is 9.89 Å². The third-order valence-electron chi connectivity index (χ3n) is 5.90. The summed E-state index contributed by atoms with van der Waals surface area (Å²) >= 11 is 0. The van der Waals surface area contributed by atoms with Crippen molar-refractivity contribution in [1.82, 2.24) is 14.5 Å². The van der Waals surface area contributed by atoms with E-state index in [4.69, 9.17) is 5.73 Å². The van der Waals surface area contributed by atoms with Crippen LogP contribution in [0.2, 0.25) is 0 Å². The van der Waals surface area contributed by atoms with Gasteiger partial charge >= 0.3 is 0 Å². The quantitative estimate of drug-likeness (QED) is 0.528. The van der Waals surface area contributed by atoms with Crippen LogP contribution in [0.4, 0.5) is 0 Å². The Balaban J connectivity index is 1.43. The van der Waals surface area contributed by atoms with Crippen LogP contribution >= 0.6 is 0 Å². The Labute approximate surface area is 169 Å². The second kappa shape index (κ2) is 9.71. The van der Waals surface area contributed by atoms with Crippen molar-refractivity contribution in [2.24, 2.45) is 16.6 Å². The summed E-state index contributed by atoms with van der Waals surface area (Å²) in [6, 6.07) is 9.20. The van der Waals surface area contributed by atoms with E-state index in [0.717, 1.165) is 25.9 Å². The SMILES string of the molecule is CCN1CCCC1CNC(N)=NCC1CCN(S(=O)(=O)c2ccccc2)CC1. The van der Waals surface area contributed by atoms with Crippen molar-refractivity contribution in [2.45, 2.75) is 43.5 Å². The Kier molecular flexibility index (Phi) is 7.31. The average molecular weight is 408 g/mol. The summed E-state index contributed by atoms with van der Waals surface area (Å²) in [5, 5.41) is 3.26. The van der Waals surface area contributed by atoms with E-state index >= 15 is 0 Å². The number of piperidine rings is 1. The zero-order valence-electron chi connectivity index (χ0n) is 16.8. The molecule has 2 heterocycles. The van der Waals surface area contributed by atoms with E-state index in [1.54, 1.807) is 28.6 Å². The van der Waals surface area contributed by atoms with Crippen LogP contribution in [0.25, 0.3) is 0 Å². The molecule has 1 aromatic rings. The largest absolute Gasteiger partial charge is 0.370 e. The molecule has 8 heteroatoms. The Hall–Kier alpha value is -1.64. The number of benzene rings is 1. The fourth-order valence-electron chi connectivity index (χ4n) is 4.12. The Bertz CT molecular complexity index is 745. The van der Waals surface area contributed by atoms with Crippen molar-refractivity contribution in [3.63, 3.8) is 0 Å². The lowest BCUT2D eigenvalue weighted by molar-refractivity contribution is 0.267. The number of hydrogen-bond donors (Lipinski definition) is 2. The second-order valence-corrected chi connectivity index (χ2v) is 9.63. The third-order valence-corrected chi connectivity index (χ3v) is 7.81. The van der Waals surface area contributed by atoms with Gasteiger partial charge in [-0.2, -0.15) is 4.31 Å². The van der Waals surface area contributed by atoms with Gasteiger partial charge in [-0.25, -0.2) is 8.42 Å². The molecule has 0 saturated carbocycles. The van der Waals surface area contributed by atoms with Crippen molar-refractivity contribution in [3.8, 4) is 0 Å². The van der Waals surface area contributed by atoms with Crippen LogP contribution in [-0.4, -0.2) is 68.9 Å². The molecule has 0 aliphatic carbocycles. The summed E-state index contributed by atoms with van der Waals surface area (Å²) in [5.74, 6) is 0.878. The molecular formula is C20H33N5O2S. The summed E-state index contributed by atoms with van der Waals surface area (Å²) in [4.78, 5) is 7.35. The average Bonchev–Trinajstić information content (AvgIpc) is 3.19. The van der Waals surface area contributed by atoms with Crippen LogP contribution in [-0.2, 0) is 10.0 Å². The highest BCUT2D eigenvalue weighted by Gasteiger charge is 2.29. The van der Waals surface area contributed by atoms with E-state index in [0.29, 0.717) is 42.4 Å². The molecule has 3 N–H and O–H groups in total. The number of hydrogen-bond acceptors (Lipinski definition) is 4. The van der Waals surface area contributed by atoms with Crippen LogP contribution < -0.4 is 11.1 Å². The van der Waals surface area contributed by atoms with Crippen LogP contribution in [0.3, 0.4) is 0 Å². The molecule has 1 atom stereocenters. The molecular weight excluding hydrogens is 374 g/mol. The number of guanidine groups is 1. The summed E-state index contributed by atoms with van der Waals surface area (Å²) in [6.07, 6.45) is 4.09. The standard InChI is InChI=1S/C20H33N5O2S/c1-2-24-12-6-7-18(24)16-23-20(21)22-15-17-10-13-25(14-11-17)28(26,27)19-8-4-3-5-9-19/h3-5,8-9,17-18H,2,6-7,10-16H2,1H3,(H3,21,22,23). The third kappa shape index (κ3) is 5.24. The molecule has 2 fully saturated rings. The number of rotatable bonds is 7. The first-order chi connectivity index (χ1) is 13.5. The summed E-state index contributed by atoms with van der Waals surface area (Å²) < 4.78 is 27.0. The van der Waals surface area contributed by atoms with Gasteiger partial charge < -0.3 is 11.1 Å². The Morgan fingerprint density at radius 3 is 2.57 bits per heavy atom. The van der Waals surface area contributed by atoms with E-state index in [9.17, 15) is 8.42 Å². The number of nitrogens with zero attached hydrogens (tertiary/aromatic N) is 3.